The Morgan fingerprint density at radius 1 is 1.22 bits per heavy atom. The third-order valence-corrected chi connectivity index (χ3v) is 3.89. The highest BCUT2D eigenvalue weighted by Crippen LogP contribution is 2.32. The van der Waals surface area contributed by atoms with E-state index in [9.17, 15) is 22.8 Å². The largest absolute Gasteiger partial charge is 0.408 e. The lowest BCUT2D eigenvalue weighted by atomic mass is 9.96. The van der Waals surface area contributed by atoms with Crippen LogP contribution in [-0.4, -0.2) is 41.5 Å². The van der Waals surface area contributed by atoms with Crippen LogP contribution in [0, 0.1) is 0 Å². The van der Waals surface area contributed by atoms with Crippen molar-refractivity contribution in [3.05, 3.63) is 35.9 Å². The van der Waals surface area contributed by atoms with Crippen molar-refractivity contribution in [3.8, 4) is 0 Å². The predicted octanol–water partition coefficient (Wildman–Crippen LogP) is 2.29. The van der Waals surface area contributed by atoms with Crippen molar-refractivity contribution in [2.75, 3.05) is 6.54 Å². The Morgan fingerprint density at radius 2 is 1.87 bits per heavy atom. The Kier molecular flexibility index (Phi) is 5.28. The lowest BCUT2D eigenvalue weighted by Crippen LogP contribution is -2.58. The minimum absolute atomic E-state index is 0.0831. The molecule has 0 aromatic heterocycles. The van der Waals surface area contributed by atoms with E-state index in [4.69, 9.17) is 0 Å². The summed E-state index contributed by atoms with van der Waals surface area (Å²) in [6.45, 7) is 1.20. The molecule has 2 atom stereocenters. The first-order valence-electron chi connectivity index (χ1n) is 7.44. The number of likely N-dealkylation sites (tertiary alicyclic amines) is 1. The van der Waals surface area contributed by atoms with Gasteiger partial charge in [0.05, 0.1) is 6.42 Å². The number of nitrogens with zero attached hydrogens (tertiary/aromatic N) is 1. The van der Waals surface area contributed by atoms with Gasteiger partial charge in [-0.25, -0.2) is 0 Å². The Labute approximate surface area is 132 Å². The fourth-order valence-electron chi connectivity index (χ4n) is 2.86. The topological polar surface area (TPSA) is 49.4 Å². The van der Waals surface area contributed by atoms with Crippen LogP contribution in [0.5, 0.6) is 0 Å². The average Bonchev–Trinajstić information content (AvgIpc) is 2.46. The zero-order chi connectivity index (χ0) is 17.0. The second kappa shape index (κ2) is 7.02. The summed E-state index contributed by atoms with van der Waals surface area (Å²) in [6.07, 6.45) is -4.54. The standard InChI is InChI=1S/C16H19F3N2O2/c1-11(22)20-13-7-8-14(16(17,18)19)21(10-13)15(23)9-12-5-3-2-4-6-12/h2-6,13-14H,7-10H2,1H3,(H,20,22)/t13-,14-/m1/s1. The van der Waals surface area contributed by atoms with Crippen LogP contribution in [0.25, 0.3) is 0 Å². The van der Waals surface area contributed by atoms with Crippen molar-refractivity contribution in [3.63, 3.8) is 0 Å². The van der Waals surface area contributed by atoms with E-state index in [0.717, 1.165) is 4.90 Å². The van der Waals surface area contributed by atoms with Crippen molar-refractivity contribution in [2.24, 2.45) is 0 Å². The van der Waals surface area contributed by atoms with Gasteiger partial charge in [0.25, 0.3) is 0 Å². The first-order chi connectivity index (χ1) is 10.8. The maximum Gasteiger partial charge on any atom is 0.408 e. The third kappa shape index (κ3) is 4.71. The number of alkyl halides is 3. The number of nitrogens with one attached hydrogen (secondary N) is 1. The number of hydrogen-bond acceptors (Lipinski definition) is 2. The molecule has 1 aliphatic heterocycles. The molecule has 0 unspecified atom stereocenters. The minimum atomic E-state index is -4.46. The fourth-order valence-corrected chi connectivity index (χ4v) is 2.86. The fraction of sp³-hybridized carbons (Fsp3) is 0.500. The maximum atomic E-state index is 13.2. The second-order valence-electron chi connectivity index (χ2n) is 5.74. The summed E-state index contributed by atoms with van der Waals surface area (Å²) in [5.41, 5.74) is 0.667. The van der Waals surface area contributed by atoms with Gasteiger partial charge in [-0.2, -0.15) is 13.2 Å². The van der Waals surface area contributed by atoms with Gasteiger partial charge < -0.3 is 10.2 Å². The van der Waals surface area contributed by atoms with Crippen molar-refractivity contribution in [1.82, 2.24) is 10.2 Å². The maximum absolute atomic E-state index is 13.2. The van der Waals surface area contributed by atoms with Gasteiger partial charge in [0.15, 0.2) is 0 Å². The smallest absolute Gasteiger partial charge is 0.352 e. The number of benzene rings is 1. The molecule has 1 aromatic rings. The molecule has 2 rings (SSSR count). The molecule has 4 nitrogen and oxygen atoms in total. The number of carbonyl (C=O) groups excluding carboxylic acids is 2. The highest BCUT2D eigenvalue weighted by Gasteiger charge is 2.47. The van der Waals surface area contributed by atoms with Crippen molar-refractivity contribution < 1.29 is 22.8 Å². The zero-order valence-corrected chi connectivity index (χ0v) is 12.8. The quantitative estimate of drug-likeness (QED) is 0.925. The van der Waals surface area contributed by atoms with E-state index in [1.54, 1.807) is 30.3 Å². The van der Waals surface area contributed by atoms with Gasteiger partial charge in [0, 0.05) is 19.5 Å². The van der Waals surface area contributed by atoms with Crippen LogP contribution in [0.1, 0.15) is 25.3 Å². The molecule has 1 N–H and O–H groups in total. The molecular formula is C16H19F3N2O2. The molecule has 0 radical (unpaired) electrons. The molecule has 1 aromatic carbocycles. The Hall–Kier alpha value is -2.05. The van der Waals surface area contributed by atoms with E-state index < -0.39 is 24.2 Å². The normalized spacial score (nSPS) is 21.8. The van der Waals surface area contributed by atoms with Gasteiger partial charge in [0.2, 0.25) is 11.8 Å². The Balaban J connectivity index is 2.13. The molecule has 1 heterocycles. The molecule has 7 heteroatoms. The number of amides is 2. The van der Waals surface area contributed by atoms with Crippen LogP contribution in [-0.2, 0) is 16.0 Å². The first kappa shape index (κ1) is 17.3. The monoisotopic (exact) mass is 328 g/mol. The van der Waals surface area contributed by atoms with E-state index in [1.807, 2.05) is 0 Å². The summed E-state index contributed by atoms with van der Waals surface area (Å²) in [4.78, 5) is 24.3. The summed E-state index contributed by atoms with van der Waals surface area (Å²) in [6, 6.07) is 6.43. The number of halogens is 3. The molecule has 0 bridgehead atoms. The van der Waals surface area contributed by atoms with Crippen LogP contribution in [0.2, 0.25) is 0 Å². The molecule has 23 heavy (non-hydrogen) atoms. The summed E-state index contributed by atoms with van der Waals surface area (Å²) in [5, 5.41) is 2.60. The predicted molar refractivity (Wildman–Crippen MR) is 78.5 cm³/mol. The molecule has 1 fully saturated rings. The summed E-state index contributed by atoms with van der Waals surface area (Å²) in [7, 11) is 0. The summed E-state index contributed by atoms with van der Waals surface area (Å²) < 4.78 is 39.6. The molecular weight excluding hydrogens is 309 g/mol. The van der Waals surface area contributed by atoms with E-state index in [0.29, 0.717) is 5.56 Å². The van der Waals surface area contributed by atoms with E-state index >= 15 is 0 Å². The molecule has 0 spiro atoms. The highest BCUT2D eigenvalue weighted by molar-refractivity contribution is 5.79. The molecule has 0 saturated carbocycles. The minimum Gasteiger partial charge on any atom is -0.352 e. The van der Waals surface area contributed by atoms with Crippen LogP contribution < -0.4 is 5.32 Å². The molecule has 0 aliphatic carbocycles. The highest BCUT2D eigenvalue weighted by atomic mass is 19.4. The van der Waals surface area contributed by atoms with Crippen molar-refractivity contribution >= 4 is 11.8 Å². The van der Waals surface area contributed by atoms with E-state index in [1.165, 1.54) is 6.92 Å². The van der Waals surface area contributed by atoms with Gasteiger partial charge in [-0.15, -0.1) is 0 Å². The number of hydrogen-bond donors (Lipinski definition) is 1. The molecule has 1 aliphatic rings. The molecule has 126 valence electrons. The summed E-state index contributed by atoms with van der Waals surface area (Å²) in [5.74, 6) is -0.885. The van der Waals surface area contributed by atoms with Crippen molar-refractivity contribution in [1.29, 1.82) is 0 Å². The lowest BCUT2D eigenvalue weighted by Gasteiger charge is -2.40. The van der Waals surface area contributed by atoms with Gasteiger partial charge >= 0.3 is 6.18 Å². The van der Waals surface area contributed by atoms with Gasteiger partial charge in [-0.3, -0.25) is 9.59 Å². The third-order valence-electron chi connectivity index (χ3n) is 3.89. The Morgan fingerprint density at radius 3 is 2.43 bits per heavy atom. The second-order valence-corrected chi connectivity index (χ2v) is 5.74. The van der Waals surface area contributed by atoms with Gasteiger partial charge in [-0.1, -0.05) is 30.3 Å². The van der Waals surface area contributed by atoms with E-state index in [-0.39, 0.29) is 31.7 Å². The van der Waals surface area contributed by atoms with E-state index in [2.05, 4.69) is 5.32 Å². The molecule has 1 saturated heterocycles. The number of carbonyl (C=O) groups is 2. The Bertz CT molecular complexity index is 560. The number of rotatable bonds is 3. The average molecular weight is 328 g/mol. The van der Waals surface area contributed by atoms with Gasteiger partial charge in [-0.05, 0) is 18.4 Å². The van der Waals surface area contributed by atoms with Crippen molar-refractivity contribution in [2.45, 2.75) is 44.4 Å². The van der Waals surface area contributed by atoms with Gasteiger partial charge in [0.1, 0.15) is 6.04 Å². The van der Waals surface area contributed by atoms with Crippen LogP contribution in [0.3, 0.4) is 0 Å². The summed E-state index contributed by atoms with van der Waals surface area (Å²) >= 11 is 0. The number of piperidine rings is 1. The van der Waals surface area contributed by atoms with Crippen LogP contribution >= 0.6 is 0 Å². The van der Waals surface area contributed by atoms with Crippen LogP contribution in [0.15, 0.2) is 30.3 Å². The first-order valence-corrected chi connectivity index (χ1v) is 7.44. The van der Waals surface area contributed by atoms with Crippen LogP contribution in [0.4, 0.5) is 13.2 Å². The SMILES string of the molecule is CC(=O)N[C@@H]1CC[C@H](C(F)(F)F)N(C(=O)Cc2ccccc2)C1. The zero-order valence-electron chi connectivity index (χ0n) is 12.8. The molecule has 2 amide bonds. The lowest BCUT2D eigenvalue weighted by molar-refractivity contribution is -0.197.